The molecule has 3 rings (SSSR count). The summed E-state index contributed by atoms with van der Waals surface area (Å²) in [4.78, 5) is 17.3. The van der Waals surface area contributed by atoms with Gasteiger partial charge in [-0.05, 0) is 71.0 Å². The molecule has 0 radical (unpaired) electrons. The molecule has 0 saturated carbocycles. The Hall–Kier alpha value is -2.55. The van der Waals surface area contributed by atoms with Gasteiger partial charge in [0.1, 0.15) is 0 Å². The van der Waals surface area contributed by atoms with Gasteiger partial charge in [0, 0.05) is 9.99 Å². The van der Waals surface area contributed by atoms with Crippen LogP contribution in [0.4, 0.5) is 30.2 Å². The highest BCUT2D eigenvalue weighted by Gasteiger charge is 2.25. The van der Waals surface area contributed by atoms with Gasteiger partial charge < -0.3 is 5.32 Å². The highest BCUT2D eigenvalue weighted by atomic mass is 127. The van der Waals surface area contributed by atoms with E-state index in [4.69, 9.17) is 11.6 Å². The van der Waals surface area contributed by atoms with Crippen LogP contribution in [0.25, 0.3) is 0 Å². The maximum Gasteiger partial charge on any atom is 0.277 e. The van der Waals surface area contributed by atoms with Crippen molar-refractivity contribution >= 4 is 67.2 Å². The molecule has 0 aliphatic carbocycles. The standard InChI is InChI=1S/C23H20ClF3IN3O4S/c1-3-36(33,34)31-18-6-4-5-12(19(18)25)9-13-10-15(23(32)30-35-2)22(21(27)20(13)26)29-17-8-7-14(28)11-16(17)24/h4-8,10-11,29,31H,3,9H2,1-2H3,(H,30,32). The minimum atomic E-state index is -3.78. The fourth-order valence-corrected chi connectivity index (χ4v) is 4.76. The van der Waals surface area contributed by atoms with Crippen molar-refractivity contribution in [3.8, 4) is 0 Å². The van der Waals surface area contributed by atoms with Crippen molar-refractivity contribution < 1.29 is 31.2 Å². The number of nitrogens with one attached hydrogen (secondary N) is 3. The number of benzene rings is 3. The van der Waals surface area contributed by atoms with E-state index >= 15 is 13.2 Å². The molecule has 0 fully saturated rings. The van der Waals surface area contributed by atoms with Crippen LogP contribution in [0.15, 0.2) is 42.5 Å². The Balaban J connectivity index is 2.08. The van der Waals surface area contributed by atoms with E-state index in [1.54, 1.807) is 12.1 Å². The molecule has 0 heterocycles. The third-order valence-electron chi connectivity index (χ3n) is 5.02. The fourth-order valence-electron chi connectivity index (χ4n) is 3.22. The summed E-state index contributed by atoms with van der Waals surface area (Å²) in [7, 11) is -2.61. The number of hydrogen-bond acceptors (Lipinski definition) is 5. The molecular weight excluding hydrogens is 634 g/mol. The predicted octanol–water partition coefficient (Wildman–Crippen LogP) is 5.75. The van der Waals surface area contributed by atoms with E-state index in [9.17, 15) is 13.2 Å². The Bertz CT molecular complexity index is 1420. The summed E-state index contributed by atoms with van der Waals surface area (Å²) in [5, 5.41) is 2.85. The molecule has 13 heteroatoms. The zero-order valence-corrected chi connectivity index (χ0v) is 22.6. The summed E-state index contributed by atoms with van der Waals surface area (Å²) in [5.74, 6) is -4.86. The van der Waals surface area contributed by atoms with Gasteiger partial charge in [-0.3, -0.25) is 14.4 Å². The molecule has 0 unspecified atom stereocenters. The first-order valence-electron chi connectivity index (χ1n) is 10.3. The van der Waals surface area contributed by atoms with Gasteiger partial charge in [-0.25, -0.2) is 27.1 Å². The SMILES string of the molecule is CCS(=O)(=O)Nc1cccc(Cc2cc(C(=O)NOC)c(Nc3ccc(I)cc3Cl)c(F)c2F)c1F. The lowest BCUT2D eigenvalue weighted by Crippen LogP contribution is -2.24. The average molecular weight is 654 g/mol. The largest absolute Gasteiger partial charge is 0.351 e. The highest BCUT2D eigenvalue weighted by molar-refractivity contribution is 14.1. The Labute approximate surface area is 224 Å². The summed E-state index contributed by atoms with van der Waals surface area (Å²) < 4.78 is 72.0. The first-order chi connectivity index (χ1) is 17.0. The molecule has 0 bridgehead atoms. The third-order valence-corrected chi connectivity index (χ3v) is 7.29. The Morgan fingerprint density at radius 2 is 1.75 bits per heavy atom. The Morgan fingerprint density at radius 1 is 1.03 bits per heavy atom. The summed E-state index contributed by atoms with van der Waals surface area (Å²) in [5.41, 5.74) is 0.637. The first-order valence-corrected chi connectivity index (χ1v) is 13.4. The van der Waals surface area contributed by atoms with Crippen LogP contribution in [0.2, 0.25) is 5.02 Å². The quantitative estimate of drug-likeness (QED) is 0.202. The monoisotopic (exact) mass is 653 g/mol. The van der Waals surface area contributed by atoms with E-state index in [0.29, 0.717) is 0 Å². The number of amides is 1. The number of rotatable bonds is 9. The number of hydroxylamine groups is 1. The van der Waals surface area contributed by atoms with E-state index in [0.717, 1.165) is 9.64 Å². The van der Waals surface area contributed by atoms with Gasteiger partial charge in [0.25, 0.3) is 5.91 Å². The number of sulfonamides is 1. The average Bonchev–Trinajstić information content (AvgIpc) is 2.82. The van der Waals surface area contributed by atoms with Crippen molar-refractivity contribution in [3.05, 3.63) is 85.2 Å². The molecule has 3 aromatic rings. The molecule has 36 heavy (non-hydrogen) atoms. The molecule has 3 aromatic carbocycles. The van der Waals surface area contributed by atoms with E-state index in [2.05, 4.69) is 14.9 Å². The predicted molar refractivity (Wildman–Crippen MR) is 141 cm³/mol. The van der Waals surface area contributed by atoms with Gasteiger partial charge in [0.05, 0.1) is 40.5 Å². The number of carbonyl (C=O) groups is 1. The molecule has 0 aliphatic rings. The van der Waals surface area contributed by atoms with Crippen LogP contribution in [0.1, 0.15) is 28.4 Å². The number of anilines is 3. The maximum absolute atomic E-state index is 15.3. The minimum absolute atomic E-state index is 0.121. The van der Waals surface area contributed by atoms with E-state index in [1.165, 1.54) is 38.3 Å². The first kappa shape index (κ1) is 28.0. The van der Waals surface area contributed by atoms with Gasteiger partial charge in [-0.15, -0.1) is 0 Å². The molecule has 192 valence electrons. The second kappa shape index (κ2) is 11.7. The maximum atomic E-state index is 15.3. The normalized spacial score (nSPS) is 11.3. The van der Waals surface area contributed by atoms with E-state index in [-0.39, 0.29) is 38.8 Å². The summed E-state index contributed by atoms with van der Waals surface area (Å²) >= 11 is 8.22. The van der Waals surface area contributed by atoms with Crippen LogP contribution in [0.5, 0.6) is 0 Å². The minimum Gasteiger partial charge on any atom is -0.351 e. The van der Waals surface area contributed by atoms with Gasteiger partial charge in [0.2, 0.25) is 10.0 Å². The van der Waals surface area contributed by atoms with Crippen molar-refractivity contribution in [3.63, 3.8) is 0 Å². The van der Waals surface area contributed by atoms with Crippen molar-refractivity contribution in [2.45, 2.75) is 13.3 Å². The molecule has 0 spiro atoms. The molecule has 0 atom stereocenters. The summed E-state index contributed by atoms with van der Waals surface area (Å²) in [6.07, 6.45) is -0.478. The smallest absolute Gasteiger partial charge is 0.277 e. The van der Waals surface area contributed by atoms with Crippen molar-refractivity contribution in [1.82, 2.24) is 5.48 Å². The summed E-state index contributed by atoms with van der Waals surface area (Å²) in [6, 6.07) is 9.72. The van der Waals surface area contributed by atoms with Crippen LogP contribution in [-0.4, -0.2) is 27.2 Å². The van der Waals surface area contributed by atoms with Crippen LogP contribution in [0, 0.1) is 21.0 Å². The van der Waals surface area contributed by atoms with Crippen LogP contribution >= 0.6 is 34.2 Å². The van der Waals surface area contributed by atoms with Crippen molar-refractivity contribution in [1.29, 1.82) is 0 Å². The van der Waals surface area contributed by atoms with Gasteiger partial charge in [-0.2, -0.15) is 0 Å². The number of halogens is 5. The zero-order chi connectivity index (χ0) is 26.6. The van der Waals surface area contributed by atoms with Crippen molar-refractivity contribution in [2.75, 3.05) is 22.9 Å². The molecule has 3 N–H and O–H groups in total. The number of carbonyl (C=O) groups excluding carboxylic acids is 1. The van der Waals surface area contributed by atoms with Gasteiger partial charge >= 0.3 is 0 Å². The van der Waals surface area contributed by atoms with E-state index < -0.39 is 45.5 Å². The second-order valence-electron chi connectivity index (χ2n) is 7.43. The third kappa shape index (κ3) is 6.41. The van der Waals surface area contributed by atoms with E-state index in [1.807, 2.05) is 28.1 Å². The topological polar surface area (TPSA) is 96.5 Å². The molecule has 0 aromatic heterocycles. The Morgan fingerprint density at radius 3 is 2.39 bits per heavy atom. The lowest BCUT2D eigenvalue weighted by atomic mass is 9.99. The molecule has 0 saturated heterocycles. The molecule has 1 amide bonds. The lowest BCUT2D eigenvalue weighted by Gasteiger charge is -2.17. The molecule has 7 nitrogen and oxygen atoms in total. The molecule has 0 aliphatic heterocycles. The van der Waals surface area contributed by atoms with Gasteiger partial charge in [0.15, 0.2) is 17.5 Å². The molecular formula is C23H20ClF3IN3O4S. The van der Waals surface area contributed by atoms with Crippen LogP contribution in [0.3, 0.4) is 0 Å². The van der Waals surface area contributed by atoms with Gasteiger partial charge in [-0.1, -0.05) is 23.7 Å². The highest BCUT2D eigenvalue weighted by Crippen LogP contribution is 2.34. The van der Waals surface area contributed by atoms with Crippen LogP contribution in [-0.2, 0) is 21.3 Å². The lowest BCUT2D eigenvalue weighted by molar-refractivity contribution is 0.0538. The number of hydrogen-bond donors (Lipinski definition) is 3. The van der Waals surface area contributed by atoms with Crippen LogP contribution < -0.4 is 15.5 Å². The van der Waals surface area contributed by atoms with Crippen molar-refractivity contribution in [2.24, 2.45) is 0 Å². The Kier molecular flexibility index (Phi) is 9.08. The second-order valence-corrected chi connectivity index (χ2v) is 11.1. The summed E-state index contributed by atoms with van der Waals surface area (Å²) in [6.45, 7) is 1.38. The zero-order valence-electron chi connectivity index (χ0n) is 18.9. The fraction of sp³-hybridized carbons (Fsp3) is 0.174.